The molecule has 0 spiro atoms. The van der Waals surface area contributed by atoms with Crippen molar-refractivity contribution in [2.75, 3.05) is 11.7 Å². The zero-order valence-corrected chi connectivity index (χ0v) is 16.4. The van der Waals surface area contributed by atoms with Gasteiger partial charge in [0.25, 0.3) is 5.91 Å². The van der Waals surface area contributed by atoms with Crippen LogP contribution < -0.4 is 19.1 Å². The molecule has 0 radical (unpaired) electrons. The van der Waals surface area contributed by atoms with E-state index in [0.29, 0.717) is 22.3 Å². The van der Waals surface area contributed by atoms with E-state index in [-0.39, 0.29) is 18.7 Å². The van der Waals surface area contributed by atoms with Crippen LogP contribution in [0.4, 0.5) is 5.69 Å². The smallest absolute Gasteiger partial charge is 0.271 e. The minimum atomic E-state index is -0.643. The highest BCUT2D eigenvalue weighted by Crippen LogP contribution is 2.44. The number of ether oxygens (including phenoxy) is 3. The third-order valence-electron chi connectivity index (χ3n) is 5.22. The number of halogens is 1. The van der Waals surface area contributed by atoms with Gasteiger partial charge in [-0.15, -0.1) is 0 Å². The predicted octanol–water partition coefficient (Wildman–Crippen LogP) is 4.91. The van der Waals surface area contributed by atoms with Crippen molar-refractivity contribution in [2.45, 2.75) is 19.1 Å². The fourth-order valence-electron chi connectivity index (χ4n) is 3.74. The lowest BCUT2D eigenvalue weighted by atomic mass is 9.89. The fourth-order valence-corrected chi connectivity index (χ4v) is 3.92. The van der Waals surface area contributed by atoms with Crippen molar-refractivity contribution in [3.05, 3.63) is 82.9 Å². The first kappa shape index (κ1) is 17.9. The largest absolute Gasteiger partial charge is 0.478 e. The number of para-hydroxylation sites is 1. The fraction of sp³-hybridized carbons (Fsp3) is 0.174. The molecule has 0 unspecified atom stereocenters. The molecule has 2 aliphatic rings. The molecule has 5 nitrogen and oxygen atoms in total. The number of fused-ring (bicyclic) bond motifs is 1. The van der Waals surface area contributed by atoms with Crippen LogP contribution in [0.5, 0.6) is 17.2 Å². The number of aryl methyl sites for hydroxylation is 1. The van der Waals surface area contributed by atoms with Crippen LogP contribution in [0.25, 0.3) is 0 Å². The minimum Gasteiger partial charge on any atom is -0.478 e. The Morgan fingerprint density at radius 1 is 1.00 bits per heavy atom. The molecule has 2 atom stereocenters. The number of β-lactam (4-membered cyclic amide) rings is 1. The number of benzene rings is 3. The summed E-state index contributed by atoms with van der Waals surface area (Å²) in [4.78, 5) is 14.8. The number of hydrogen-bond acceptors (Lipinski definition) is 4. The van der Waals surface area contributed by atoms with Crippen molar-refractivity contribution in [3.63, 3.8) is 0 Å². The van der Waals surface area contributed by atoms with Crippen molar-refractivity contribution < 1.29 is 19.0 Å². The summed E-state index contributed by atoms with van der Waals surface area (Å²) >= 11 is 6.17. The van der Waals surface area contributed by atoms with Crippen molar-refractivity contribution >= 4 is 23.2 Å². The van der Waals surface area contributed by atoms with E-state index in [0.717, 1.165) is 16.8 Å². The van der Waals surface area contributed by atoms with E-state index in [2.05, 4.69) is 0 Å². The van der Waals surface area contributed by atoms with Crippen LogP contribution in [-0.2, 0) is 4.79 Å². The molecule has 0 bridgehead atoms. The molecule has 2 aliphatic heterocycles. The number of carbonyl (C=O) groups is 1. The number of carbonyl (C=O) groups excluding carboxylic acids is 1. The molecule has 0 N–H and O–H groups in total. The van der Waals surface area contributed by atoms with Gasteiger partial charge in [0.05, 0.1) is 0 Å². The predicted molar refractivity (Wildman–Crippen MR) is 110 cm³/mol. The lowest BCUT2D eigenvalue weighted by Gasteiger charge is -2.46. The molecule has 1 amide bonds. The number of amides is 1. The zero-order valence-electron chi connectivity index (χ0n) is 15.7. The van der Waals surface area contributed by atoms with Crippen molar-refractivity contribution in [3.8, 4) is 17.2 Å². The van der Waals surface area contributed by atoms with Crippen molar-refractivity contribution in [2.24, 2.45) is 0 Å². The van der Waals surface area contributed by atoms with Gasteiger partial charge in [0.15, 0.2) is 11.5 Å². The van der Waals surface area contributed by atoms with Gasteiger partial charge in [-0.1, -0.05) is 41.9 Å². The molecule has 146 valence electrons. The summed E-state index contributed by atoms with van der Waals surface area (Å²) in [6.07, 6.45) is -0.643. The van der Waals surface area contributed by atoms with E-state index in [1.54, 1.807) is 17.0 Å². The molecule has 0 aromatic heterocycles. The molecule has 3 aromatic rings. The molecular formula is C23H18ClNO4. The lowest BCUT2D eigenvalue weighted by Crippen LogP contribution is -2.61. The second-order valence-corrected chi connectivity index (χ2v) is 7.49. The van der Waals surface area contributed by atoms with Gasteiger partial charge < -0.3 is 14.2 Å². The molecule has 1 saturated heterocycles. The quantitative estimate of drug-likeness (QED) is 0.576. The Hall–Kier alpha value is -3.18. The van der Waals surface area contributed by atoms with Crippen LogP contribution in [0.1, 0.15) is 17.2 Å². The maximum absolute atomic E-state index is 13.1. The van der Waals surface area contributed by atoms with Gasteiger partial charge in [-0.3, -0.25) is 9.69 Å². The normalized spacial score (nSPS) is 19.8. The van der Waals surface area contributed by atoms with Gasteiger partial charge in [-0.25, -0.2) is 0 Å². The Kier molecular flexibility index (Phi) is 4.32. The summed E-state index contributed by atoms with van der Waals surface area (Å²) in [5.41, 5.74) is 2.62. The first-order chi connectivity index (χ1) is 14.1. The third kappa shape index (κ3) is 3.08. The van der Waals surface area contributed by atoms with E-state index < -0.39 is 6.10 Å². The Morgan fingerprint density at radius 2 is 1.83 bits per heavy atom. The van der Waals surface area contributed by atoms with Crippen LogP contribution in [-0.4, -0.2) is 18.8 Å². The molecule has 6 heteroatoms. The van der Waals surface area contributed by atoms with E-state index in [4.69, 9.17) is 25.8 Å². The molecule has 29 heavy (non-hydrogen) atoms. The number of nitrogens with zero attached hydrogens (tertiary/aromatic N) is 1. The van der Waals surface area contributed by atoms with Gasteiger partial charge in [0.2, 0.25) is 12.9 Å². The Balaban J connectivity index is 1.54. The zero-order chi connectivity index (χ0) is 20.0. The van der Waals surface area contributed by atoms with E-state index >= 15 is 0 Å². The average molecular weight is 408 g/mol. The number of hydrogen-bond donors (Lipinski definition) is 0. The maximum atomic E-state index is 13.1. The average Bonchev–Trinajstić information content (AvgIpc) is 3.19. The Bertz CT molecular complexity index is 1100. The van der Waals surface area contributed by atoms with Gasteiger partial charge in [0, 0.05) is 10.7 Å². The summed E-state index contributed by atoms with van der Waals surface area (Å²) in [5, 5.41) is 0.572. The SMILES string of the molecule is Cc1ccccc1O[C@@H]1C(=O)N(c2cccc(Cl)c2)[C@H]1c1ccc2c(c1)OCO2. The van der Waals surface area contributed by atoms with Gasteiger partial charge in [0.1, 0.15) is 11.8 Å². The van der Waals surface area contributed by atoms with Gasteiger partial charge in [-0.2, -0.15) is 0 Å². The number of rotatable bonds is 4. The summed E-state index contributed by atoms with van der Waals surface area (Å²) in [6.45, 7) is 2.16. The summed E-state index contributed by atoms with van der Waals surface area (Å²) in [7, 11) is 0. The molecular weight excluding hydrogens is 390 g/mol. The van der Waals surface area contributed by atoms with Crippen LogP contribution in [0, 0.1) is 6.92 Å². The maximum Gasteiger partial charge on any atom is 0.271 e. The topological polar surface area (TPSA) is 48.0 Å². The Labute approximate surface area is 173 Å². The number of anilines is 1. The summed E-state index contributed by atoms with van der Waals surface area (Å²) < 4.78 is 17.1. The highest BCUT2D eigenvalue weighted by Gasteiger charge is 2.51. The van der Waals surface area contributed by atoms with Crippen LogP contribution in [0.15, 0.2) is 66.7 Å². The third-order valence-corrected chi connectivity index (χ3v) is 5.45. The standard InChI is InChI=1S/C23H18ClNO4/c1-14-5-2-3-8-18(14)29-22-21(15-9-10-19-20(11-15)28-13-27-19)25(23(22)26)17-7-4-6-16(24)12-17/h2-12,21-22H,13H2,1H3/t21-,22-/m0/s1. The summed E-state index contributed by atoms with van der Waals surface area (Å²) in [6, 6.07) is 20.3. The Morgan fingerprint density at radius 3 is 2.66 bits per heavy atom. The van der Waals surface area contributed by atoms with Gasteiger partial charge >= 0.3 is 0 Å². The first-order valence-electron chi connectivity index (χ1n) is 9.32. The monoisotopic (exact) mass is 407 g/mol. The van der Waals surface area contributed by atoms with Crippen LogP contribution in [0.3, 0.4) is 0 Å². The molecule has 0 aliphatic carbocycles. The first-order valence-corrected chi connectivity index (χ1v) is 9.70. The highest BCUT2D eigenvalue weighted by molar-refractivity contribution is 6.31. The highest BCUT2D eigenvalue weighted by atomic mass is 35.5. The second kappa shape index (κ2) is 7.01. The summed E-state index contributed by atoms with van der Waals surface area (Å²) in [5.74, 6) is 1.95. The van der Waals surface area contributed by atoms with Crippen molar-refractivity contribution in [1.29, 1.82) is 0 Å². The molecule has 1 fully saturated rings. The van der Waals surface area contributed by atoms with Crippen LogP contribution >= 0.6 is 11.6 Å². The lowest BCUT2D eigenvalue weighted by molar-refractivity contribution is -0.135. The molecule has 2 heterocycles. The van der Waals surface area contributed by atoms with Crippen molar-refractivity contribution in [1.82, 2.24) is 0 Å². The van der Waals surface area contributed by atoms with E-state index in [9.17, 15) is 4.79 Å². The minimum absolute atomic E-state index is 0.113. The molecule has 3 aromatic carbocycles. The van der Waals surface area contributed by atoms with E-state index in [1.807, 2.05) is 61.5 Å². The molecule has 0 saturated carbocycles. The van der Waals surface area contributed by atoms with Gasteiger partial charge in [-0.05, 0) is 54.4 Å². The molecule has 5 rings (SSSR count). The van der Waals surface area contributed by atoms with Crippen LogP contribution in [0.2, 0.25) is 5.02 Å². The van der Waals surface area contributed by atoms with E-state index in [1.165, 1.54) is 0 Å². The second-order valence-electron chi connectivity index (χ2n) is 7.05.